The van der Waals surface area contributed by atoms with Gasteiger partial charge in [0.1, 0.15) is 11.6 Å². The molecule has 1 aromatic heterocycles. The summed E-state index contributed by atoms with van der Waals surface area (Å²) < 4.78 is 15.5. The third-order valence-electron chi connectivity index (χ3n) is 6.41. The van der Waals surface area contributed by atoms with Gasteiger partial charge in [0.2, 0.25) is 11.0 Å². The second-order valence-electron chi connectivity index (χ2n) is 8.83. The van der Waals surface area contributed by atoms with Gasteiger partial charge in [-0.2, -0.15) is 10.5 Å². The van der Waals surface area contributed by atoms with Crippen molar-refractivity contribution in [3.05, 3.63) is 87.1 Å². The van der Waals surface area contributed by atoms with Crippen LogP contribution in [0.15, 0.2) is 69.5 Å². The molecule has 5 rings (SSSR count). The third kappa shape index (κ3) is 5.17. The second-order valence-corrected chi connectivity index (χ2v) is 11.4. The summed E-state index contributed by atoms with van der Waals surface area (Å²) in [5.41, 5.74) is 8.38. The zero-order chi connectivity index (χ0) is 28.4. The Balaban J connectivity index is 1.43. The van der Waals surface area contributed by atoms with Crippen molar-refractivity contribution in [3.63, 3.8) is 0 Å². The number of nitrogens with zero attached hydrogens (tertiary/aromatic N) is 5. The predicted octanol–water partition coefficient (Wildman–Crippen LogP) is 5.24. The molecule has 40 heavy (non-hydrogen) atoms. The summed E-state index contributed by atoms with van der Waals surface area (Å²) in [7, 11) is 0. The quantitative estimate of drug-likeness (QED) is 0.367. The average molecular weight is 592 g/mol. The van der Waals surface area contributed by atoms with E-state index in [1.54, 1.807) is 24.3 Å². The van der Waals surface area contributed by atoms with Crippen LogP contribution < -0.4 is 16.0 Å². The van der Waals surface area contributed by atoms with E-state index in [4.69, 9.17) is 22.6 Å². The molecule has 2 aromatic carbocycles. The van der Waals surface area contributed by atoms with Gasteiger partial charge >= 0.3 is 0 Å². The topological polar surface area (TPSA) is 149 Å². The lowest BCUT2D eigenvalue weighted by molar-refractivity contribution is -0.116. The molecule has 0 radical (unpaired) electrons. The van der Waals surface area contributed by atoms with Crippen LogP contribution in [0.1, 0.15) is 36.3 Å². The maximum atomic E-state index is 15.0. The van der Waals surface area contributed by atoms with Crippen LogP contribution in [-0.2, 0) is 9.59 Å². The molecule has 0 saturated heterocycles. The maximum absolute atomic E-state index is 15.0. The van der Waals surface area contributed by atoms with E-state index in [1.165, 1.54) is 23.1 Å². The highest BCUT2D eigenvalue weighted by atomic mass is 35.5. The number of hydrogen-bond donors (Lipinski definition) is 2. The van der Waals surface area contributed by atoms with Crippen molar-refractivity contribution in [1.82, 2.24) is 10.2 Å². The van der Waals surface area contributed by atoms with E-state index in [-0.39, 0.29) is 51.4 Å². The Morgan fingerprint density at radius 2 is 1.98 bits per heavy atom. The van der Waals surface area contributed by atoms with Gasteiger partial charge in [-0.05, 0) is 49.2 Å². The number of allylic oxidation sites excluding steroid dienone is 3. The molecule has 0 spiro atoms. The molecule has 3 N–H and O–H groups in total. The Labute approximate surface area is 241 Å². The van der Waals surface area contributed by atoms with Gasteiger partial charge in [-0.3, -0.25) is 14.5 Å². The number of benzene rings is 2. The molecule has 0 saturated carbocycles. The molecular weight excluding hydrogens is 573 g/mol. The van der Waals surface area contributed by atoms with Crippen molar-refractivity contribution < 1.29 is 14.0 Å². The molecule has 200 valence electrons. The molecule has 2 aliphatic rings. The molecule has 0 bridgehead atoms. The van der Waals surface area contributed by atoms with E-state index in [9.17, 15) is 14.9 Å². The van der Waals surface area contributed by atoms with Crippen molar-refractivity contribution in [1.29, 1.82) is 10.5 Å². The van der Waals surface area contributed by atoms with Crippen molar-refractivity contribution in [2.45, 2.75) is 29.5 Å². The Kier molecular flexibility index (Phi) is 7.85. The van der Waals surface area contributed by atoms with Crippen molar-refractivity contribution >= 4 is 57.2 Å². The van der Waals surface area contributed by atoms with E-state index in [0.717, 1.165) is 23.1 Å². The summed E-state index contributed by atoms with van der Waals surface area (Å²) in [5, 5.41) is 30.6. The van der Waals surface area contributed by atoms with Crippen LogP contribution >= 0.6 is 34.7 Å². The van der Waals surface area contributed by atoms with E-state index in [2.05, 4.69) is 21.6 Å². The van der Waals surface area contributed by atoms with Crippen molar-refractivity contribution in [3.8, 4) is 12.1 Å². The number of aromatic nitrogens is 2. The SMILES string of the molecule is N#CC1=C(N)N(c2nnc(SCC(=O)Nc3ccc(C#N)cc3)s2)C2=C(C(=O)CCC2)C1c1c(F)cccc1Cl. The fourth-order valence-electron chi connectivity index (χ4n) is 4.68. The van der Waals surface area contributed by atoms with Crippen LogP contribution in [0.4, 0.5) is 15.2 Å². The summed E-state index contributed by atoms with van der Waals surface area (Å²) in [5.74, 6) is -2.09. The van der Waals surface area contributed by atoms with E-state index >= 15 is 4.39 Å². The van der Waals surface area contributed by atoms with Crippen LogP contribution in [-0.4, -0.2) is 27.6 Å². The highest BCUT2D eigenvalue weighted by molar-refractivity contribution is 8.01. The zero-order valence-electron chi connectivity index (χ0n) is 20.6. The van der Waals surface area contributed by atoms with Gasteiger partial charge in [-0.1, -0.05) is 40.8 Å². The number of rotatable bonds is 6. The molecule has 13 heteroatoms. The van der Waals surface area contributed by atoms with Gasteiger partial charge < -0.3 is 11.1 Å². The fraction of sp³-hybridized carbons (Fsp3) is 0.185. The van der Waals surface area contributed by atoms with Gasteiger partial charge in [0, 0.05) is 34.0 Å². The maximum Gasteiger partial charge on any atom is 0.234 e. The van der Waals surface area contributed by atoms with Crippen LogP contribution in [0, 0.1) is 28.5 Å². The number of hydrogen-bond acceptors (Lipinski definition) is 10. The smallest absolute Gasteiger partial charge is 0.234 e. The minimum Gasteiger partial charge on any atom is -0.384 e. The van der Waals surface area contributed by atoms with Crippen LogP contribution in [0.5, 0.6) is 0 Å². The molecule has 3 aromatic rings. The second kappa shape index (κ2) is 11.5. The standard InChI is InChI=1S/C27H19ClFN7O2S2/c28-17-3-1-4-18(29)23(17)22-16(12-31)25(32)36(19-5-2-6-20(37)24(19)22)26-34-35-27(40-26)39-13-21(38)33-15-9-7-14(11-30)8-10-15/h1,3-4,7-10,22H,2,5-6,13,32H2,(H,33,38). The van der Waals surface area contributed by atoms with Crippen molar-refractivity contribution in [2.75, 3.05) is 16.0 Å². The number of carbonyl (C=O) groups excluding carboxylic acids is 2. The first-order chi connectivity index (χ1) is 19.3. The number of Topliss-reactive ketones (excluding diaryl/α,β-unsaturated/α-hetero) is 1. The van der Waals surface area contributed by atoms with E-state index < -0.39 is 11.7 Å². The fourth-order valence-corrected chi connectivity index (χ4v) is 6.64. The molecule has 1 aliphatic carbocycles. The molecule has 0 fully saturated rings. The Bertz CT molecular complexity index is 1650. The number of ketones is 1. The number of amides is 1. The Morgan fingerprint density at radius 1 is 1.20 bits per heavy atom. The number of thioether (sulfide) groups is 1. The predicted molar refractivity (Wildman–Crippen MR) is 150 cm³/mol. The van der Waals surface area contributed by atoms with E-state index in [0.29, 0.717) is 39.3 Å². The highest BCUT2D eigenvalue weighted by Gasteiger charge is 2.42. The van der Waals surface area contributed by atoms with Crippen LogP contribution in [0.3, 0.4) is 0 Å². The first-order valence-corrected chi connectivity index (χ1v) is 14.2. The normalized spacial score (nSPS) is 16.9. The Morgan fingerprint density at radius 3 is 2.67 bits per heavy atom. The number of halogens is 2. The number of nitrogens with one attached hydrogen (secondary N) is 1. The van der Waals surface area contributed by atoms with Gasteiger partial charge in [0.05, 0.1) is 34.9 Å². The van der Waals surface area contributed by atoms with Gasteiger partial charge in [0.15, 0.2) is 10.1 Å². The van der Waals surface area contributed by atoms with E-state index in [1.807, 2.05) is 6.07 Å². The third-order valence-corrected chi connectivity index (χ3v) is 8.78. The summed E-state index contributed by atoms with van der Waals surface area (Å²) in [6.07, 6.45) is 1.26. The molecule has 2 heterocycles. The summed E-state index contributed by atoms with van der Waals surface area (Å²) in [6.45, 7) is 0. The highest BCUT2D eigenvalue weighted by Crippen LogP contribution is 2.48. The first kappa shape index (κ1) is 27.3. The molecule has 9 nitrogen and oxygen atoms in total. The van der Waals surface area contributed by atoms with Crippen LogP contribution in [0.25, 0.3) is 0 Å². The van der Waals surface area contributed by atoms with Gasteiger partial charge in [-0.15, -0.1) is 10.2 Å². The molecular formula is C27H19ClFN7O2S2. The molecule has 1 aliphatic heterocycles. The first-order valence-electron chi connectivity index (χ1n) is 12.0. The van der Waals surface area contributed by atoms with Crippen LogP contribution in [0.2, 0.25) is 5.02 Å². The number of anilines is 2. The summed E-state index contributed by atoms with van der Waals surface area (Å²) >= 11 is 8.68. The summed E-state index contributed by atoms with van der Waals surface area (Å²) in [6, 6.07) is 14.8. The zero-order valence-corrected chi connectivity index (χ0v) is 23.0. The minimum absolute atomic E-state index is 0.00722. The number of nitrogens with two attached hydrogens (primary N) is 1. The minimum atomic E-state index is -1.04. The average Bonchev–Trinajstić information content (AvgIpc) is 3.41. The van der Waals surface area contributed by atoms with Crippen molar-refractivity contribution in [2.24, 2.45) is 5.73 Å². The Hall–Kier alpha value is -4.23. The number of carbonyl (C=O) groups is 2. The monoisotopic (exact) mass is 591 g/mol. The number of nitriles is 2. The molecule has 1 atom stereocenters. The van der Waals surface area contributed by atoms with Gasteiger partial charge in [0.25, 0.3) is 0 Å². The lowest BCUT2D eigenvalue weighted by atomic mass is 9.75. The largest absolute Gasteiger partial charge is 0.384 e. The summed E-state index contributed by atoms with van der Waals surface area (Å²) in [4.78, 5) is 27.2. The van der Waals surface area contributed by atoms with Gasteiger partial charge in [-0.25, -0.2) is 4.39 Å². The molecule has 1 unspecified atom stereocenters. The molecule has 1 amide bonds. The lowest BCUT2D eigenvalue weighted by Crippen LogP contribution is -2.39. The lowest BCUT2D eigenvalue weighted by Gasteiger charge is -2.38.